The molecule has 0 amide bonds. The number of ether oxygens (including phenoxy) is 1. The van der Waals surface area contributed by atoms with Crippen LogP contribution in [0.5, 0.6) is 11.5 Å². The van der Waals surface area contributed by atoms with E-state index in [-0.39, 0.29) is 28.6 Å². The fraction of sp³-hybridized carbons (Fsp3) is 0.250. The molecule has 0 atom stereocenters. The summed E-state index contributed by atoms with van der Waals surface area (Å²) in [6.07, 6.45) is 0. The quantitative estimate of drug-likeness (QED) is 0.772. The van der Waals surface area contributed by atoms with Gasteiger partial charge in [-0.1, -0.05) is 11.6 Å². The van der Waals surface area contributed by atoms with E-state index in [1.807, 2.05) is 0 Å². The second kappa shape index (κ2) is 3.81. The standard InChI is InChI=1S/C8H9ClFNO2/c1-13-8-5(10)2-4(3-11)7(12)6(8)9/h2,12H,3,11H2,1H3. The maximum absolute atomic E-state index is 13.1. The third-order valence-corrected chi connectivity index (χ3v) is 2.00. The van der Waals surface area contributed by atoms with Gasteiger partial charge in [-0.15, -0.1) is 0 Å². The van der Waals surface area contributed by atoms with Crippen LogP contribution in [0.25, 0.3) is 0 Å². The van der Waals surface area contributed by atoms with Crippen LogP contribution in [0.3, 0.4) is 0 Å². The highest BCUT2D eigenvalue weighted by Gasteiger charge is 2.15. The molecule has 1 aromatic carbocycles. The summed E-state index contributed by atoms with van der Waals surface area (Å²) in [4.78, 5) is 0. The number of methoxy groups -OCH3 is 1. The number of rotatable bonds is 2. The number of phenolic OH excluding ortho intramolecular Hbond substituents is 1. The Morgan fingerprint density at radius 3 is 2.77 bits per heavy atom. The molecule has 0 aliphatic carbocycles. The van der Waals surface area contributed by atoms with E-state index in [4.69, 9.17) is 17.3 Å². The number of benzene rings is 1. The lowest BCUT2D eigenvalue weighted by molar-refractivity contribution is 0.379. The van der Waals surface area contributed by atoms with Crippen molar-refractivity contribution in [1.29, 1.82) is 0 Å². The molecule has 72 valence electrons. The maximum Gasteiger partial charge on any atom is 0.176 e. The van der Waals surface area contributed by atoms with Crippen molar-refractivity contribution < 1.29 is 14.2 Å². The average Bonchev–Trinajstić information content (AvgIpc) is 2.12. The minimum absolute atomic E-state index is 0.0203. The van der Waals surface area contributed by atoms with Crippen LogP contribution >= 0.6 is 11.6 Å². The lowest BCUT2D eigenvalue weighted by atomic mass is 10.2. The first-order valence-electron chi connectivity index (χ1n) is 3.55. The molecule has 3 nitrogen and oxygen atoms in total. The van der Waals surface area contributed by atoms with Gasteiger partial charge in [-0.25, -0.2) is 4.39 Å². The minimum Gasteiger partial charge on any atom is -0.506 e. The molecule has 1 rings (SSSR count). The van der Waals surface area contributed by atoms with Crippen molar-refractivity contribution in [2.75, 3.05) is 7.11 Å². The molecule has 3 N–H and O–H groups in total. The zero-order valence-corrected chi connectivity index (χ0v) is 7.73. The van der Waals surface area contributed by atoms with Crippen LogP contribution in [-0.2, 0) is 6.54 Å². The van der Waals surface area contributed by atoms with E-state index in [2.05, 4.69) is 4.74 Å². The van der Waals surface area contributed by atoms with Crippen molar-refractivity contribution in [3.63, 3.8) is 0 Å². The smallest absolute Gasteiger partial charge is 0.176 e. The zero-order valence-electron chi connectivity index (χ0n) is 6.97. The van der Waals surface area contributed by atoms with E-state index in [1.165, 1.54) is 7.11 Å². The topological polar surface area (TPSA) is 55.5 Å². The molecule has 0 spiro atoms. The Bertz CT molecular complexity index is 330. The molecule has 1 aromatic rings. The molecular formula is C8H9ClFNO2. The Balaban J connectivity index is 3.37. The van der Waals surface area contributed by atoms with Crippen molar-refractivity contribution >= 4 is 11.6 Å². The molecule has 13 heavy (non-hydrogen) atoms. The predicted molar refractivity (Wildman–Crippen MR) is 47.5 cm³/mol. The van der Waals surface area contributed by atoms with Gasteiger partial charge in [0.25, 0.3) is 0 Å². The van der Waals surface area contributed by atoms with Gasteiger partial charge in [-0.2, -0.15) is 0 Å². The highest BCUT2D eigenvalue weighted by atomic mass is 35.5. The Kier molecular flexibility index (Phi) is 2.95. The van der Waals surface area contributed by atoms with E-state index in [0.29, 0.717) is 0 Å². The Morgan fingerprint density at radius 1 is 1.69 bits per heavy atom. The molecule has 0 fully saturated rings. The van der Waals surface area contributed by atoms with Crippen LogP contribution < -0.4 is 10.5 Å². The fourth-order valence-electron chi connectivity index (χ4n) is 0.983. The largest absolute Gasteiger partial charge is 0.506 e. The van der Waals surface area contributed by atoms with E-state index in [1.54, 1.807) is 0 Å². The summed E-state index contributed by atoms with van der Waals surface area (Å²) >= 11 is 5.61. The SMILES string of the molecule is COc1c(F)cc(CN)c(O)c1Cl. The van der Waals surface area contributed by atoms with E-state index < -0.39 is 5.82 Å². The molecule has 0 saturated heterocycles. The molecule has 0 radical (unpaired) electrons. The van der Waals surface area contributed by atoms with Crippen molar-refractivity contribution in [3.05, 3.63) is 22.5 Å². The number of hydrogen-bond donors (Lipinski definition) is 2. The second-order valence-corrected chi connectivity index (χ2v) is 2.80. The van der Waals surface area contributed by atoms with Crippen LogP contribution in [0.15, 0.2) is 6.07 Å². The first-order chi connectivity index (χ1) is 6.11. The molecule has 0 heterocycles. The first kappa shape index (κ1) is 10.1. The van der Waals surface area contributed by atoms with Gasteiger partial charge in [-0.3, -0.25) is 0 Å². The maximum atomic E-state index is 13.1. The lowest BCUT2D eigenvalue weighted by Crippen LogP contribution is -1.99. The number of aromatic hydroxyl groups is 1. The van der Waals surface area contributed by atoms with Crippen LogP contribution in [0.1, 0.15) is 5.56 Å². The van der Waals surface area contributed by atoms with Crippen molar-refractivity contribution in [2.45, 2.75) is 6.54 Å². The fourth-order valence-corrected chi connectivity index (χ4v) is 1.27. The summed E-state index contributed by atoms with van der Waals surface area (Å²) in [6.45, 7) is 0.0203. The summed E-state index contributed by atoms with van der Waals surface area (Å²) in [5.41, 5.74) is 5.51. The monoisotopic (exact) mass is 205 g/mol. The number of phenols is 1. The van der Waals surface area contributed by atoms with Crippen LogP contribution in [0, 0.1) is 5.82 Å². The Morgan fingerprint density at radius 2 is 2.31 bits per heavy atom. The van der Waals surface area contributed by atoms with Gasteiger partial charge in [-0.05, 0) is 6.07 Å². The van der Waals surface area contributed by atoms with Crippen LogP contribution in [0.2, 0.25) is 5.02 Å². The first-order valence-corrected chi connectivity index (χ1v) is 3.93. The molecule has 0 unspecified atom stereocenters. The Hall–Kier alpha value is -1.00. The third kappa shape index (κ3) is 1.68. The molecule has 0 bridgehead atoms. The van der Waals surface area contributed by atoms with Gasteiger partial charge >= 0.3 is 0 Å². The van der Waals surface area contributed by atoms with Crippen molar-refractivity contribution in [2.24, 2.45) is 5.73 Å². The van der Waals surface area contributed by atoms with Gasteiger partial charge < -0.3 is 15.6 Å². The lowest BCUT2D eigenvalue weighted by Gasteiger charge is -2.09. The summed E-state index contributed by atoms with van der Waals surface area (Å²) in [5, 5.41) is 9.23. The molecule has 0 saturated carbocycles. The van der Waals surface area contributed by atoms with Crippen LogP contribution in [0.4, 0.5) is 4.39 Å². The van der Waals surface area contributed by atoms with Gasteiger partial charge in [0.05, 0.1) is 7.11 Å². The third-order valence-electron chi connectivity index (χ3n) is 1.65. The Labute approximate surface area is 79.9 Å². The van der Waals surface area contributed by atoms with Crippen LogP contribution in [-0.4, -0.2) is 12.2 Å². The number of hydrogen-bond acceptors (Lipinski definition) is 3. The van der Waals surface area contributed by atoms with E-state index in [0.717, 1.165) is 6.07 Å². The molecule has 0 aromatic heterocycles. The number of halogens is 2. The normalized spacial score (nSPS) is 10.2. The van der Waals surface area contributed by atoms with Gasteiger partial charge in [0, 0.05) is 12.1 Å². The van der Waals surface area contributed by atoms with Gasteiger partial charge in [0.1, 0.15) is 10.8 Å². The van der Waals surface area contributed by atoms with E-state index >= 15 is 0 Å². The summed E-state index contributed by atoms with van der Waals surface area (Å²) in [5.74, 6) is -1.04. The summed E-state index contributed by atoms with van der Waals surface area (Å²) in [7, 11) is 1.27. The number of nitrogens with two attached hydrogens (primary N) is 1. The van der Waals surface area contributed by atoms with E-state index in [9.17, 15) is 9.50 Å². The minimum atomic E-state index is -0.634. The molecular weight excluding hydrogens is 197 g/mol. The van der Waals surface area contributed by atoms with Crippen molar-refractivity contribution in [3.8, 4) is 11.5 Å². The zero-order chi connectivity index (χ0) is 10.0. The molecule has 0 aliphatic heterocycles. The predicted octanol–water partition coefficient (Wildman–Crippen LogP) is 1.65. The highest BCUT2D eigenvalue weighted by molar-refractivity contribution is 6.33. The van der Waals surface area contributed by atoms with Crippen molar-refractivity contribution in [1.82, 2.24) is 0 Å². The van der Waals surface area contributed by atoms with Gasteiger partial charge in [0.2, 0.25) is 0 Å². The summed E-state index contributed by atoms with van der Waals surface area (Å²) < 4.78 is 17.8. The average molecular weight is 206 g/mol. The molecule has 5 heteroatoms. The molecule has 0 aliphatic rings. The van der Waals surface area contributed by atoms with Gasteiger partial charge in [0.15, 0.2) is 11.6 Å². The summed E-state index contributed by atoms with van der Waals surface area (Å²) in [6, 6.07) is 1.10. The highest BCUT2D eigenvalue weighted by Crippen LogP contribution is 2.37. The second-order valence-electron chi connectivity index (χ2n) is 2.42.